The molecule has 222 valence electrons. The van der Waals surface area contributed by atoms with Crippen LogP contribution >= 0.6 is 0 Å². The zero-order valence-electron chi connectivity index (χ0n) is 21.1. The van der Waals surface area contributed by atoms with E-state index in [2.05, 4.69) is 0 Å². The summed E-state index contributed by atoms with van der Waals surface area (Å²) in [5, 5.41) is 90.9. The number of hydrogen-bond donors (Lipinski definition) is 9. The number of aliphatic hydroxyl groups is 6. The summed E-state index contributed by atoms with van der Waals surface area (Å²) in [6, 6.07) is 7.30. The first-order chi connectivity index (χ1) is 19.5. The van der Waals surface area contributed by atoms with Gasteiger partial charge in [0.05, 0.1) is 19.8 Å². The standard InChI is InChI=1S/C26H28O15/c27-7-15-17(32)19(34)22(41-25-23(35)26(36,8-28)9-37-25)24(39-15)40-21-18(33)16-13(31)5-12(30)6-14(16)38-20(21)10-1-3-11(29)4-2-10/h1-6,15,17,19,22-25,27-32,34-36H,7-9H2/t15-,17-,19+,22-,23+,24+,25+,26-/m1/s1. The Morgan fingerprint density at radius 1 is 0.951 bits per heavy atom. The maximum atomic E-state index is 13.7. The molecule has 9 N–H and O–H groups in total. The molecule has 2 aliphatic heterocycles. The van der Waals surface area contributed by atoms with E-state index in [4.69, 9.17) is 23.4 Å². The van der Waals surface area contributed by atoms with Crippen molar-refractivity contribution in [1.82, 2.24) is 0 Å². The Kier molecular flexibility index (Phi) is 7.82. The van der Waals surface area contributed by atoms with E-state index < -0.39 is 96.6 Å². The van der Waals surface area contributed by atoms with E-state index in [9.17, 15) is 50.8 Å². The second kappa shape index (κ2) is 11.1. The van der Waals surface area contributed by atoms with Gasteiger partial charge in [-0.05, 0) is 24.3 Å². The number of aromatic hydroxyl groups is 3. The number of ether oxygens (including phenoxy) is 4. The van der Waals surface area contributed by atoms with Crippen molar-refractivity contribution in [3.63, 3.8) is 0 Å². The lowest BCUT2D eigenvalue weighted by Gasteiger charge is -2.42. The molecule has 0 amide bonds. The average Bonchev–Trinajstić information content (AvgIpc) is 3.22. The van der Waals surface area contributed by atoms with E-state index in [1.165, 1.54) is 24.3 Å². The molecule has 0 bridgehead atoms. The van der Waals surface area contributed by atoms with Crippen LogP contribution in [0, 0.1) is 0 Å². The number of fused-ring (bicyclic) bond motifs is 1. The van der Waals surface area contributed by atoms with Gasteiger partial charge >= 0.3 is 0 Å². The molecule has 8 atom stereocenters. The van der Waals surface area contributed by atoms with E-state index in [1.54, 1.807) is 0 Å². The molecule has 3 heterocycles. The maximum Gasteiger partial charge on any atom is 0.239 e. The molecule has 2 aliphatic rings. The van der Waals surface area contributed by atoms with Gasteiger partial charge in [0.2, 0.25) is 17.5 Å². The summed E-state index contributed by atoms with van der Waals surface area (Å²) in [5.74, 6) is -2.03. The van der Waals surface area contributed by atoms with Crippen molar-refractivity contribution in [3.05, 3.63) is 46.6 Å². The Labute approximate surface area is 230 Å². The largest absolute Gasteiger partial charge is 0.508 e. The Hall–Kier alpha value is -3.51. The number of aliphatic hydroxyl groups excluding tert-OH is 5. The van der Waals surface area contributed by atoms with E-state index in [-0.39, 0.29) is 22.7 Å². The Balaban J connectivity index is 1.60. The lowest BCUT2D eigenvalue weighted by Crippen LogP contribution is -2.62. The highest BCUT2D eigenvalue weighted by Crippen LogP contribution is 2.38. The van der Waals surface area contributed by atoms with Crippen molar-refractivity contribution < 1.29 is 69.3 Å². The monoisotopic (exact) mass is 580 g/mol. The van der Waals surface area contributed by atoms with E-state index >= 15 is 0 Å². The Morgan fingerprint density at radius 3 is 2.29 bits per heavy atom. The minimum absolute atomic E-state index is 0.112. The quantitative estimate of drug-likeness (QED) is 0.150. The van der Waals surface area contributed by atoms with Crippen LogP contribution < -0.4 is 10.2 Å². The molecular formula is C26H28O15. The molecule has 41 heavy (non-hydrogen) atoms. The van der Waals surface area contributed by atoms with Crippen LogP contribution in [0.1, 0.15) is 0 Å². The van der Waals surface area contributed by atoms with Gasteiger partial charge in [-0.25, -0.2) is 0 Å². The van der Waals surface area contributed by atoms with E-state index in [0.717, 1.165) is 12.1 Å². The van der Waals surface area contributed by atoms with Gasteiger partial charge in [0, 0.05) is 17.7 Å². The third-order valence-corrected chi connectivity index (χ3v) is 6.98. The molecule has 2 fully saturated rings. The molecule has 0 radical (unpaired) electrons. The second-order valence-corrected chi connectivity index (χ2v) is 9.79. The van der Waals surface area contributed by atoms with Gasteiger partial charge in [-0.1, -0.05) is 0 Å². The number of rotatable bonds is 7. The van der Waals surface area contributed by atoms with Crippen molar-refractivity contribution in [2.45, 2.75) is 48.7 Å². The van der Waals surface area contributed by atoms with Crippen LogP contribution in [0.5, 0.6) is 23.0 Å². The normalized spacial score (nSPS) is 31.9. The fourth-order valence-corrected chi connectivity index (χ4v) is 4.65. The zero-order chi connectivity index (χ0) is 29.6. The van der Waals surface area contributed by atoms with Gasteiger partial charge in [-0.15, -0.1) is 0 Å². The fourth-order valence-electron chi connectivity index (χ4n) is 4.65. The molecule has 2 saturated heterocycles. The Bertz CT molecular complexity index is 1460. The first-order valence-electron chi connectivity index (χ1n) is 12.4. The van der Waals surface area contributed by atoms with Gasteiger partial charge < -0.3 is 69.3 Å². The first kappa shape index (κ1) is 29.0. The third kappa shape index (κ3) is 5.19. The van der Waals surface area contributed by atoms with Gasteiger partial charge in [-0.3, -0.25) is 4.79 Å². The van der Waals surface area contributed by atoms with Crippen LogP contribution in [0.25, 0.3) is 22.3 Å². The highest BCUT2D eigenvalue weighted by atomic mass is 16.8. The lowest BCUT2D eigenvalue weighted by molar-refractivity contribution is -0.319. The summed E-state index contributed by atoms with van der Waals surface area (Å²) in [4.78, 5) is 13.7. The van der Waals surface area contributed by atoms with E-state index in [1.807, 2.05) is 0 Å². The van der Waals surface area contributed by atoms with Crippen LogP contribution in [-0.4, -0.2) is 114 Å². The maximum absolute atomic E-state index is 13.7. The van der Waals surface area contributed by atoms with Crippen molar-refractivity contribution >= 4 is 11.0 Å². The molecule has 0 aliphatic carbocycles. The summed E-state index contributed by atoms with van der Waals surface area (Å²) in [6.07, 6.45) is -12.0. The Morgan fingerprint density at radius 2 is 1.66 bits per heavy atom. The van der Waals surface area contributed by atoms with E-state index in [0.29, 0.717) is 0 Å². The topological polar surface area (TPSA) is 249 Å². The minimum Gasteiger partial charge on any atom is -0.508 e. The van der Waals surface area contributed by atoms with Crippen LogP contribution in [0.2, 0.25) is 0 Å². The number of benzene rings is 2. The number of phenols is 3. The summed E-state index contributed by atoms with van der Waals surface area (Å²) in [5.41, 5.74) is -3.09. The van der Waals surface area contributed by atoms with Crippen LogP contribution in [0.4, 0.5) is 0 Å². The molecule has 1 aromatic heterocycles. The average molecular weight is 580 g/mol. The predicted molar refractivity (Wildman–Crippen MR) is 134 cm³/mol. The second-order valence-electron chi connectivity index (χ2n) is 9.79. The van der Waals surface area contributed by atoms with Crippen molar-refractivity contribution in [3.8, 4) is 34.3 Å². The van der Waals surface area contributed by atoms with Gasteiger partial charge in [0.25, 0.3) is 0 Å². The molecule has 5 rings (SSSR count). The number of phenolic OH excluding ortho intramolecular Hbond substituents is 3. The van der Waals surface area contributed by atoms with Gasteiger partial charge in [0.15, 0.2) is 18.2 Å². The molecule has 15 heteroatoms. The first-order valence-corrected chi connectivity index (χ1v) is 12.4. The SMILES string of the molecule is O=c1c(O[C@@H]2O[C@H](CO)[C@@H](O)[C@H](O)[C@H]2O[C@@H]2OC[C@](O)(CO)[C@H]2O)c(-c2ccc(O)cc2)oc2cc(O)cc(O)c12. The smallest absolute Gasteiger partial charge is 0.239 e. The fraction of sp³-hybridized carbons (Fsp3) is 0.423. The summed E-state index contributed by atoms with van der Waals surface area (Å²) >= 11 is 0. The minimum atomic E-state index is -2.09. The highest BCUT2D eigenvalue weighted by molar-refractivity contribution is 5.88. The molecule has 0 spiro atoms. The van der Waals surface area contributed by atoms with Crippen LogP contribution in [0.15, 0.2) is 45.6 Å². The zero-order valence-corrected chi connectivity index (χ0v) is 21.1. The summed E-state index contributed by atoms with van der Waals surface area (Å²) in [6.45, 7) is -2.23. The molecule has 0 unspecified atom stereocenters. The third-order valence-electron chi connectivity index (χ3n) is 6.98. The van der Waals surface area contributed by atoms with Crippen molar-refractivity contribution in [1.29, 1.82) is 0 Å². The highest BCUT2D eigenvalue weighted by Gasteiger charge is 2.53. The molecule has 2 aromatic carbocycles. The molecule has 3 aromatic rings. The van der Waals surface area contributed by atoms with Gasteiger partial charge in [-0.2, -0.15) is 0 Å². The summed E-state index contributed by atoms with van der Waals surface area (Å²) in [7, 11) is 0. The molecule has 0 saturated carbocycles. The van der Waals surface area contributed by atoms with Crippen LogP contribution in [-0.2, 0) is 14.2 Å². The number of hydrogen-bond acceptors (Lipinski definition) is 15. The van der Waals surface area contributed by atoms with Gasteiger partial charge in [0.1, 0.15) is 58.2 Å². The predicted octanol–water partition coefficient (Wildman–Crippen LogP) is -1.78. The molecule has 15 nitrogen and oxygen atoms in total. The summed E-state index contributed by atoms with van der Waals surface area (Å²) < 4.78 is 28.1. The lowest BCUT2D eigenvalue weighted by atomic mass is 9.98. The van der Waals surface area contributed by atoms with Crippen molar-refractivity contribution in [2.75, 3.05) is 19.8 Å². The molecular weight excluding hydrogens is 552 g/mol. The van der Waals surface area contributed by atoms with Crippen molar-refractivity contribution in [2.24, 2.45) is 0 Å². The van der Waals surface area contributed by atoms with Crippen LogP contribution in [0.3, 0.4) is 0 Å².